The number of anilines is 2. The average molecular weight is 1280 g/mol. The highest BCUT2D eigenvalue weighted by molar-refractivity contribution is 5.99. The van der Waals surface area contributed by atoms with E-state index in [-0.39, 0.29) is 88.3 Å². The molecule has 3 aromatic carbocycles. The molecule has 4 fully saturated rings. The van der Waals surface area contributed by atoms with Gasteiger partial charge in [0.15, 0.2) is 34.7 Å². The van der Waals surface area contributed by atoms with Crippen molar-refractivity contribution in [2.45, 2.75) is 38.9 Å². The summed E-state index contributed by atoms with van der Waals surface area (Å²) in [6, 6.07) is 2.26. The van der Waals surface area contributed by atoms with E-state index in [4.69, 9.17) is 43.9 Å². The molecular formula is C59H67F4N17O12. The third-order valence-electron chi connectivity index (χ3n) is 16.1. The minimum absolute atomic E-state index is 0.0234. The van der Waals surface area contributed by atoms with Gasteiger partial charge in [0.05, 0.1) is 50.8 Å². The number of carbonyl (C=O) groups is 3. The number of guanidine groups is 2. The second kappa shape index (κ2) is 28.7. The lowest BCUT2D eigenvalue weighted by Gasteiger charge is -2.38. The minimum atomic E-state index is -1.41. The van der Waals surface area contributed by atoms with E-state index < -0.39 is 68.6 Å². The lowest BCUT2D eigenvalue weighted by Crippen LogP contribution is -2.51. The van der Waals surface area contributed by atoms with Crippen LogP contribution in [-0.2, 0) is 0 Å². The summed E-state index contributed by atoms with van der Waals surface area (Å²) in [4.78, 5) is 84.3. The van der Waals surface area contributed by atoms with Crippen LogP contribution in [0, 0.1) is 36.4 Å². The summed E-state index contributed by atoms with van der Waals surface area (Å²) >= 11 is 0. The maximum Gasteiger partial charge on any atom is 0.341 e. The first-order valence-corrected chi connectivity index (χ1v) is 29.3. The van der Waals surface area contributed by atoms with Crippen molar-refractivity contribution in [1.82, 2.24) is 44.8 Å². The first-order chi connectivity index (χ1) is 44.1. The Morgan fingerprint density at radius 1 is 0.500 bits per heavy atom. The van der Waals surface area contributed by atoms with Crippen molar-refractivity contribution in [2.24, 2.45) is 21.7 Å². The lowest BCUT2D eigenvalue weighted by atomic mass is 10.1. The van der Waals surface area contributed by atoms with Gasteiger partial charge in [0.2, 0.25) is 22.1 Å². The van der Waals surface area contributed by atoms with Gasteiger partial charge in [0.25, 0.3) is 11.9 Å². The fourth-order valence-electron chi connectivity index (χ4n) is 11.4. The number of halogens is 4. The lowest BCUT2D eigenvalue weighted by molar-refractivity contribution is 0.0683. The highest BCUT2D eigenvalue weighted by Crippen LogP contribution is 2.44. The normalized spacial score (nSPS) is 19.1. The van der Waals surface area contributed by atoms with Gasteiger partial charge < -0.3 is 95.6 Å². The number of hydrogen-bond donors (Lipinski definition) is 9. The molecule has 92 heavy (non-hydrogen) atoms. The second-order valence-electron chi connectivity index (χ2n) is 22.1. The molecule has 10 heterocycles. The minimum Gasteiger partial charge on any atom is -0.487 e. The molecule has 29 nitrogen and oxygen atoms in total. The Hall–Kier alpha value is -10.2. The van der Waals surface area contributed by atoms with Crippen LogP contribution < -0.4 is 73.0 Å². The largest absolute Gasteiger partial charge is 0.487 e. The molecule has 3 atom stereocenters. The predicted octanol–water partition coefficient (Wildman–Crippen LogP) is 2.42. The van der Waals surface area contributed by atoms with E-state index in [1.54, 1.807) is 25.9 Å². The number of ether oxygens (including phenoxy) is 3. The molecule has 0 saturated carbocycles. The van der Waals surface area contributed by atoms with E-state index in [2.05, 4.69) is 41.4 Å². The van der Waals surface area contributed by atoms with Crippen LogP contribution in [0.5, 0.6) is 17.2 Å². The number of nitrogens with zero attached hydrogens (tertiary/aromatic N) is 11. The number of aromatic nitrogens is 3. The van der Waals surface area contributed by atoms with Gasteiger partial charge in [-0.1, -0.05) is 0 Å². The zero-order chi connectivity index (χ0) is 66.2. The fraction of sp³-hybridized carbons (Fsp3) is 0.424. The zero-order valence-corrected chi connectivity index (χ0v) is 50.2. The van der Waals surface area contributed by atoms with E-state index in [0.29, 0.717) is 73.8 Å². The fourth-order valence-corrected chi connectivity index (χ4v) is 11.4. The smallest absolute Gasteiger partial charge is 0.341 e. The first-order valence-electron chi connectivity index (χ1n) is 29.3. The molecule has 7 aliphatic rings. The maximum absolute atomic E-state index is 15.2. The van der Waals surface area contributed by atoms with Crippen molar-refractivity contribution in [3.8, 4) is 17.2 Å². The van der Waals surface area contributed by atoms with Crippen LogP contribution in [0.25, 0.3) is 42.6 Å². The molecule has 4 saturated heterocycles. The molecule has 0 amide bonds. The van der Waals surface area contributed by atoms with Gasteiger partial charge in [-0.3, -0.25) is 14.4 Å². The Labute approximate surface area is 521 Å². The van der Waals surface area contributed by atoms with Crippen LogP contribution in [0.4, 0.5) is 28.9 Å². The zero-order valence-electron chi connectivity index (χ0n) is 50.2. The van der Waals surface area contributed by atoms with Crippen molar-refractivity contribution >= 4 is 73.9 Å². The molecule has 0 aliphatic carbocycles. The van der Waals surface area contributed by atoms with Crippen LogP contribution in [-0.4, -0.2) is 193 Å². The van der Waals surface area contributed by atoms with Crippen molar-refractivity contribution in [3.05, 3.63) is 130 Å². The van der Waals surface area contributed by atoms with Crippen LogP contribution in [0.15, 0.2) is 61.4 Å². The van der Waals surface area contributed by atoms with E-state index in [9.17, 15) is 52.2 Å². The molecule has 33 heteroatoms. The SMILES string of the molecule is C1CNCCN1.CC1COc2c(F)c(F)cc3c(=O)c(C(=O)O)cn1c23.CC1COc2c(N3CCNCC3)c(F)cc3c(=O)c(C(=O)O)cn1c23.[C-]#[N+]N=C(N)N1CCN(c2c(F)cc3c(=O)c(C(=O)O)cn4c3c2OCC4C)CC1.[C-]#[N+]N=C(N)N1CCNCC1. The Bertz CT molecular complexity index is 4190. The molecule has 3 unspecified atom stereocenters. The Kier molecular flexibility index (Phi) is 20.7. The third kappa shape index (κ3) is 13.6. The van der Waals surface area contributed by atoms with Crippen LogP contribution >= 0.6 is 0 Å². The number of hydrogen-bond acceptors (Lipinski definition) is 17. The number of rotatable bonds is 5. The molecule has 3 aromatic heterocycles. The van der Waals surface area contributed by atoms with Crippen LogP contribution in [0.3, 0.4) is 0 Å². The van der Waals surface area contributed by atoms with Crippen molar-refractivity contribution in [2.75, 3.05) is 134 Å². The van der Waals surface area contributed by atoms with Gasteiger partial charge >= 0.3 is 17.9 Å². The van der Waals surface area contributed by atoms with E-state index >= 15 is 4.39 Å². The van der Waals surface area contributed by atoms with Crippen molar-refractivity contribution in [1.29, 1.82) is 0 Å². The standard InChI is InChI=1S/C19H19FN6O4.C17H18FN3O4.C13H9F2NO4.C6H11N5.C4H10N2/c1-10-9-30-17-14-11(16(27)12(18(28)29)8-26(10)14)7-13(20)15(17)24-3-5-25(6-4-24)19(21)23-22-2;1-9-8-25-16-13-10(15(22)11(17(23)24)7-21(9)13)6-12(18)14(16)20-4-2-19-3-5-20;1-5-4-20-12-9(15)8(14)2-6-10(12)16(5)3-7(11(6)17)13(18)19;1-8-10-6(7)11-4-2-9-3-5-11;1-2-6-4-3-5-1/h7-8,10H,3-6,9H2,1H3,(H2,21,23)(H,28,29);6-7,9,19H,2-5,8H2,1H3,(H,23,24);2-3,5H,4H2,1H3,(H,18,19);9H,2-5H2,(H2,7,10);5-6H,1-4H2. The van der Waals surface area contributed by atoms with Crippen LogP contribution in [0.2, 0.25) is 0 Å². The molecular weight excluding hydrogens is 1210 g/mol. The molecule has 7 aliphatic heterocycles. The monoisotopic (exact) mass is 1280 g/mol. The topological polar surface area (TPSA) is 352 Å². The predicted molar refractivity (Wildman–Crippen MR) is 331 cm³/mol. The Morgan fingerprint density at radius 2 is 0.815 bits per heavy atom. The molecule has 488 valence electrons. The number of pyridine rings is 3. The van der Waals surface area contributed by atoms with Gasteiger partial charge in [0.1, 0.15) is 58.1 Å². The summed E-state index contributed by atoms with van der Waals surface area (Å²) in [7, 11) is 0. The highest BCUT2D eigenvalue weighted by Gasteiger charge is 2.34. The third-order valence-corrected chi connectivity index (χ3v) is 16.1. The van der Waals surface area contributed by atoms with Gasteiger partial charge in [-0.05, 0) is 39.0 Å². The number of carboxylic acids is 3. The summed E-state index contributed by atoms with van der Waals surface area (Å²) in [5.74, 6) is -7.08. The number of nitrogens with two attached hydrogens (primary N) is 2. The quantitative estimate of drug-likeness (QED) is 0.0393. The highest BCUT2D eigenvalue weighted by atomic mass is 19.2. The van der Waals surface area contributed by atoms with Gasteiger partial charge in [0, 0.05) is 123 Å². The maximum atomic E-state index is 15.2. The number of nitrogens with one attached hydrogen (secondary N) is 4. The second-order valence-corrected chi connectivity index (χ2v) is 22.1. The molecule has 13 rings (SSSR count). The van der Waals surface area contributed by atoms with Gasteiger partial charge in [-0.25, -0.2) is 27.6 Å². The van der Waals surface area contributed by atoms with Gasteiger partial charge in [-0.15, -0.1) is 9.91 Å². The Balaban J connectivity index is 0.000000146. The Morgan fingerprint density at radius 3 is 1.17 bits per heavy atom. The number of piperazine rings is 4. The number of aromatic carboxylic acids is 3. The van der Waals surface area contributed by atoms with E-state index in [1.807, 2.05) is 23.6 Å². The van der Waals surface area contributed by atoms with Crippen LogP contribution in [0.1, 0.15) is 70.0 Å². The van der Waals surface area contributed by atoms with E-state index in [1.165, 1.54) is 17.0 Å². The first kappa shape index (κ1) is 66.2. The average Bonchev–Trinajstić information content (AvgIpc) is 3.04. The summed E-state index contributed by atoms with van der Waals surface area (Å²) in [5, 5.41) is 47.3. The number of carboxylic acid groups (broad SMARTS) is 3. The number of benzene rings is 3. The summed E-state index contributed by atoms with van der Waals surface area (Å²) in [6.07, 6.45) is 3.77. The van der Waals surface area contributed by atoms with Crippen molar-refractivity contribution in [3.63, 3.8) is 0 Å². The molecule has 11 N–H and O–H groups in total. The molecule has 6 aromatic rings. The van der Waals surface area contributed by atoms with Gasteiger partial charge in [-0.2, -0.15) is 17.5 Å². The summed E-state index contributed by atoms with van der Waals surface area (Å²) in [6.45, 7) is 31.7. The molecule has 0 radical (unpaired) electrons. The molecule has 0 bridgehead atoms. The summed E-state index contributed by atoms with van der Waals surface area (Å²) < 4.78 is 78.9. The van der Waals surface area contributed by atoms with E-state index in [0.717, 1.165) is 83.8 Å². The molecule has 0 spiro atoms. The van der Waals surface area contributed by atoms with Crippen molar-refractivity contribution < 1.29 is 61.5 Å². The summed E-state index contributed by atoms with van der Waals surface area (Å²) in [5.41, 5.74) is 9.21.